The smallest absolute Gasteiger partial charge is 0.0948 e. The molecule has 2 aromatic heterocycles. The van der Waals surface area contributed by atoms with Crippen molar-refractivity contribution in [3.63, 3.8) is 0 Å². The van der Waals surface area contributed by atoms with Crippen LogP contribution in [0.1, 0.15) is 5.69 Å². The summed E-state index contributed by atoms with van der Waals surface area (Å²) in [5.74, 6) is 0. The molecule has 0 aliphatic heterocycles. The van der Waals surface area contributed by atoms with Gasteiger partial charge in [0.2, 0.25) is 0 Å². The maximum absolute atomic E-state index is 9.12. The van der Waals surface area contributed by atoms with Gasteiger partial charge in [-0.1, -0.05) is 0 Å². The van der Waals surface area contributed by atoms with E-state index in [-0.39, 0.29) is 6.61 Å². The van der Waals surface area contributed by atoms with Crippen molar-refractivity contribution in [1.82, 2.24) is 14.5 Å². The summed E-state index contributed by atoms with van der Waals surface area (Å²) >= 11 is 0. The van der Waals surface area contributed by atoms with E-state index in [1.807, 2.05) is 23.7 Å². The topological polar surface area (TPSA) is 50.9 Å². The van der Waals surface area contributed by atoms with E-state index in [1.165, 1.54) is 0 Å². The van der Waals surface area contributed by atoms with Gasteiger partial charge in [-0.2, -0.15) is 0 Å². The number of aryl methyl sites for hydroxylation is 1. The standard InChI is InChI=1S/C10H11N3O/c1-13-7-11-5-10(13)8-3-2-4-12-9(8)6-14/h2-5,7,14H,6H2,1H3. The summed E-state index contributed by atoms with van der Waals surface area (Å²) in [6.07, 6.45) is 5.16. The van der Waals surface area contributed by atoms with E-state index in [2.05, 4.69) is 9.97 Å². The van der Waals surface area contributed by atoms with Crippen molar-refractivity contribution in [1.29, 1.82) is 0 Å². The lowest BCUT2D eigenvalue weighted by Gasteiger charge is -2.05. The van der Waals surface area contributed by atoms with Crippen molar-refractivity contribution in [3.8, 4) is 11.3 Å². The molecule has 0 unspecified atom stereocenters. The van der Waals surface area contributed by atoms with Crippen molar-refractivity contribution in [2.75, 3.05) is 0 Å². The Morgan fingerprint density at radius 2 is 2.36 bits per heavy atom. The number of aliphatic hydroxyl groups is 1. The zero-order valence-electron chi connectivity index (χ0n) is 7.88. The average molecular weight is 189 g/mol. The van der Waals surface area contributed by atoms with Gasteiger partial charge in [-0.05, 0) is 12.1 Å². The highest BCUT2D eigenvalue weighted by atomic mass is 16.3. The molecule has 0 amide bonds. The molecule has 0 saturated carbocycles. The minimum Gasteiger partial charge on any atom is -0.390 e. The first kappa shape index (κ1) is 8.90. The third-order valence-corrected chi connectivity index (χ3v) is 2.13. The van der Waals surface area contributed by atoms with E-state index in [0.29, 0.717) is 5.69 Å². The van der Waals surface area contributed by atoms with Crippen LogP contribution in [0.25, 0.3) is 11.3 Å². The van der Waals surface area contributed by atoms with Gasteiger partial charge in [0.15, 0.2) is 0 Å². The first-order valence-corrected chi connectivity index (χ1v) is 4.34. The number of nitrogens with zero attached hydrogens (tertiary/aromatic N) is 3. The van der Waals surface area contributed by atoms with Crippen molar-refractivity contribution in [3.05, 3.63) is 36.5 Å². The molecule has 0 spiro atoms. The molecule has 0 atom stereocenters. The third-order valence-electron chi connectivity index (χ3n) is 2.13. The number of aromatic nitrogens is 3. The Kier molecular flexibility index (Phi) is 2.28. The van der Waals surface area contributed by atoms with Crippen LogP contribution in [-0.4, -0.2) is 19.6 Å². The van der Waals surface area contributed by atoms with E-state index >= 15 is 0 Å². The van der Waals surface area contributed by atoms with Gasteiger partial charge in [-0.25, -0.2) is 4.98 Å². The molecule has 0 fully saturated rings. The van der Waals surface area contributed by atoms with Crippen LogP contribution in [0.4, 0.5) is 0 Å². The SMILES string of the molecule is Cn1cncc1-c1cccnc1CO. The van der Waals surface area contributed by atoms with Crippen LogP contribution < -0.4 is 0 Å². The molecule has 14 heavy (non-hydrogen) atoms. The molecule has 4 nitrogen and oxygen atoms in total. The molecule has 4 heteroatoms. The monoisotopic (exact) mass is 189 g/mol. The van der Waals surface area contributed by atoms with Gasteiger partial charge in [0.1, 0.15) is 0 Å². The molecule has 0 radical (unpaired) electrons. The highest BCUT2D eigenvalue weighted by molar-refractivity contribution is 5.61. The fourth-order valence-electron chi connectivity index (χ4n) is 1.41. The van der Waals surface area contributed by atoms with Crippen molar-refractivity contribution in [2.45, 2.75) is 6.61 Å². The molecule has 1 N–H and O–H groups in total. The maximum atomic E-state index is 9.12. The second-order valence-corrected chi connectivity index (χ2v) is 3.05. The molecule has 0 aromatic carbocycles. The lowest BCUT2D eigenvalue weighted by Crippen LogP contribution is -1.96. The van der Waals surface area contributed by atoms with Gasteiger partial charge in [-0.15, -0.1) is 0 Å². The molecule has 2 aromatic rings. The molecule has 2 rings (SSSR count). The van der Waals surface area contributed by atoms with Gasteiger partial charge in [0.05, 0.1) is 30.5 Å². The van der Waals surface area contributed by atoms with Crippen LogP contribution in [-0.2, 0) is 13.7 Å². The van der Waals surface area contributed by atoms with Gasteiger partial charge >= 0.3 is 0 Å². The summed E-state index contributed by atoms with van der Waals surface area (Å²) in [4.78, 5) is 8.13. The number of aliphatic hydroxyl groups excluding tert-OH is 1. The Bertz CT molecular complexity index is 436. The van der Waals surface area contributed by atoms with E-state index in [4.69, 9.17) is 5.11 Å². The highest BCUT2D eigenvalue weighted by Crippen LogP contribution is 2.20. The van der Waals surface area contributed by atoms with E-state index in [0.717, 1.165) is 11.3 Å². The first-order valence-electron chi connectivity index (χ1n) is 4.34. The summed E-state index contributed by atoms with van der Waals surface area (Å²) in [6, 6.07) is 3.77. The van der Waals surface area contributed by atoms with Crippen LogP contribution in [0.15, 0.2) is 30.9 Å². The van der Waals surface area contributed by atoms with Crippen LogP contribution in [0.5, 0.6) is 0 Å². The molecule has 0 bridgehead atoms. The second-order valence-electron chi connectivity index (χ2n) is 3.05. The molecular weight excluding hydrogens is 178 g/mol. The van der Waals surface area contributed by atoms with Gasteiger partial charge in [-0.3, -0.25) is 4.98 Å². The van der Waals surface area contributed by atoms with Gasteiger partial charge < -0.3 is 9.67 Å². The summed E-state index contributed by atoms with van der Waals surface area (Å²) < 4.78 is 1.90. The van der Waals surface area contributed by atoms with Crippen molar-refractivity contribution >= 4 is 0 Å². The third kappa shape index (κ3) is 1.40. The number of hydrogen-bond acceptors (Lipinski definition) is 3. The Hall–Kier alpha value is -1.68. The van der Waals surface area contributed by atoms with E-state index in [9.17, 15) is 0 Å². The Morgan fingerprint density at radius 3 is 3.00 bits per heavy atom. The van der Waals surface area contributed by atoms with Gasteiger partial charge in [0.25, 0.3) is 0 Å². The lowest BCUT2D eigenvalue weighted by molar-refractivity contribution is 0.277. The van der Waals surface area contributed by atoms with E-state index < -0.39 is 0 Å². The highest BCUT2D eigenvalue weighted by Gasteiger charge is 2.07. The van der Waals surface area contributed by atoms with Crippen LogP contribution >= 0.6 is 0 Å². The minimum absolute atomic E-state index is 0.0542. The average Bonchev–Trinajstić information content (AvgIpc) is 2.64. The summed E-state index contributed by atoms with van der Waals surface area (Å²) in [7, 11) is 1.91. The second kappa shape index (κ2) is 3.59. The van der Waals surface area contributed by atoms with Crippen molar-refractivity contribution in [2.24, 2.45) is 7.05 Å². The summed E-state index contributed by atoms with van der Waals surface area (Å²) in [5.41, 5.74) is 2.56. The molecule has 0 aliphatic carbocycles. The Morgan fingerprint density at radius 1 is 1.50 bits per heavy atom. The van der Waals surface area contributed by atoms with Crippen molar-refractivity contribution < 1.29 is 5.11 Å². The number of imidazole rings is 1. The molecule has 0 aliphatic rings. The largest absolute Gasteiger partial charge is 0.390 e. The van der Waals surface area contributed by atoms with Gasteiger partial charge in [0, 0.05) is 18.8 Å². The zero-order valence-corrected chi connectivity index (χ0v) is 7.88. The number of hydrogen-bond donors (Lipinski definition) is 1. The Labute approximate surface area is 81.9 Å². The quantitative estimate of drug-likeness (QED) is 0.766. The van der Waals surface area contributed by atoms with Crippen LogP contribution in [0.2, 0.25) is 0 Å². The maximum Gasteiger partial charge on any atom is 0.0948 e. The fraction of sp³-hybridized carbons (Fsp3) is 0.200. The predicted octanol–water partition coefficient (Wildman–Crippen LogP) is 0.974. The Balaban J connectivity index is 2.56. The summed E-state index contributed by atoms with van der Waals surface area (Å²) in [6.45, 7) is -0.0542. The first-order chi connectivity index (χ1) is 6.83. The molecular formula is C10H11N3O. The molecule has 2 heterocycles. The van der Waals surface area contributed by atoms with E-state index in [1.54, 1.807) is 18.7 Å². The number of pyridine rings is 1. The lowest BCUT2D eigenvalue weighted by atomic mass is 10.1. The van der Waals surface area contributed by atoms with Crippen LogP contribution in [0.3, 0.4) is 0 Å². The predicted molar refractivity (Wildman–Crippen MR) is 52.4 cm³/mol. The zero-order chi connectivity index (χ0) is 9.97. The van der Waals surface area contributed by atoms with Crippen LogP contribution in [0, 0.1) is 0 Å². The normalized spacial score (nSPS) is 10.4. The number of rotatable bonds is 2. The molecule has 0 saturated heterocycles. The minimum atomic E-state index is -0.0542. The summed E-state index contributed by atoms with van der Waals surface area (Å²) in [5, 5.41) is 9.12. The fourth-order valence-corrected chi connectivity index (χ4v) is 1.41. The molecule has 72 valence electrons.